The predicted molar refractivity (Wildman–Crippen MR) is 204 cm³/mol. The Hall–Kier alpha value is -4.40. The smallest absolute Gasteiger partial charge is 0.408 e. The summed E-state index contributed by atoms with van der Waals surface area (Å²) in [6, 6.07) is 3.60. The maximum Gasteiger partial charge on any atom is 0.408 e. The molecule has 5 aliphatic rings. The molecule has 2 aliphatic carbocycles. The Morgan fingerprint density at radius 1 is 1.09 bits per heavy atom. The van der Waals surface area contributed by atoms with Gasteiger partial charge in [0.15, 0.2) is 0 Å². The van der Waals surface area contributed by atoms with Gasteiger partial charge >= 0.3 is 6.09 Å². The fraction of sp³-hybridized carbons (Fsp3) is 0.625. The van der Waals surface area contributed by atoms with Crippen LogP contribution in [0.5, 0.6) is 11.5 Å². The Kier molecular flexibility index (Phi) is 9.86. The van der Waals surface area contributed by atoms with Crippen molar-refractivity contribution in [1.29, 1.82) is 0 Å². The van der Waals surface area contributed by atoms with Crippen LogP contribution in [0.3, 0.4) is 0 Å². The summed E-state index contributed by atoms with van der Waals surface area (Å²) >= 11 is 0. The van der Waals surface area contributed by atoms with Crippen LogP contribution < -0.4 is 24.8 Å². The molecule has 15 heteroatoms. The number of benzene rings is 1. The highest BCUT2D eigenvalue weighted by Gasteiger charge is 2.64. The predicted octanol–water partition coefficient (Wildman–Crippen LogP) is 4.50. The highest BCUT2D eigenvalue weighted by atomic mass is 32.2. The first-order chi connectivity index (χ1) is 25.9. The third kappa shape index (κ3) is 7.60. The number of methoxy groups -OCH3 is 1. The quantitative estimate of drug-likeness (QED) is 0.366. The normalized spacial score (nSPS) is 29.6. The van der Waals surface area contributed by atoms with Crippen molar-refractivity contribution in [2.75, 3.05) is 13.7 Å². The van der Waals surface area contributed by atoms with Crippen LogP contribution in [0.2, 0.25) is 0 Å². The van der Waals surface area contributed by atoms with Crippen LogP contribution in [0.4, 0.5) is 4.79 Å². The molecular formula is C40H53N5O9S. The summed E-state index contributed by atoms with van der Waals surface area (Å²) in [5, 5.41) is 6.63. The molecule has 3 fully saturated rings. The molecule has 1 unspecified atom stereocenters. The third-order valence-electron chi connectivity index (χ3n) is 11.9. The molecule has 4 amide bonds. The van der Waals surface area contributed by atoms with Gasteiger partial charge in [-0.2, -0.15) is 0 Å². The van der Waals surface area contributed by atoms with E-state index in [0.717, 1.165) is 29.3 Å². The van der Waals surface area contributed by atoms with Crippen molar-refractivity contribution in [2.45, 2.75) is 139 Å². The minimum absolute atomic E-state index is 0.0424. The van der Waals surface area contributed by atoms with Crippen LogP contribution in [-0.2, 0) is 35.6 Å². The lowest BCUT2D eigenvalue weighted by Crippen LogP contribution is -2.58. The number of hydrogen-bond acceptors (Lipinski definition) is 10. The second-order valence-corrected chi connectivity index (χ2v) is 19.5. The number of sulfonamides is 1. The Bertz CT molecular complexity index is 2060. The minimum atomic E-state index is -3.99. The molecule has 1 spiro atoms. The Morgan fingerprint density at radius 2 is 1.85 bits per heavy atom. The number of pyridine rings is 1. The van der Waals surface area contributed by atoms with Gasteiger partial charge in [-0.3, -0.25) is 19.1 Å². The number of nitrogens with zero attached hydrogens (tertiary/aromatic N) is 2. The van der Waals surface area contributed by atoms with Gasteiger partial charge in [0.25, 0.3) is 5.91 Å². The lowest BCUT2D eigenvalue weighted by molar-refractivity contribution is -0.141. The number of alkyl carbamates (subject to hydrolysis) is 1. The molecule has 0 bridgehead atoms. The molecule has 0 radical (unpaired) electrons. The monoisotopic (exact) mass is 779 g/mol. The van der Waals surface area contributed by atoms with Gasteiger partial charge in [0.05, 0.1) is 29.6 Å². The number of fused-ring (bicyclic) bond motifs is 5. The second kappa shape index (κ2) is 14.0. The highest BCUT2D eigenvalue weighted by molar-refractivity contribution is 7.91. The van der Waals surface area contributed by atoms with Gasteiger partial charge in [-0.15, -0.1) is 0 Å². The van der Waals surface area contributed by atoms with E-state index in [-0.39, 0.29) is 19.4 Å². The molecule has 3 N–H and O–H groups in total. The van der Waals surface area contributed by atoms with Crippen molar-refractivity contribution in [3.63, 3.8) is 0 Å². The van der Waals surface area contributed by atoms with E-state index in [1.54, 1.807) is 34.8 Å². The summed E-state index contributed by atoms with van der Waals surface area (Å²) in [7, 11) is -2.38. The average molecular weight is 780 g/mol. The molecule has 2 aromatic rings. The maximum atomic E-state index is 14.7. The van der Waals surface area contributed by atoms with E-state index in [2.05, 4.69) is 15.4 Å². The van der Waals surface area contributed by atoms with E-state index in [1.807, 2.05) is 37.3 Å². The summed E-state index contributed by atoms with van der Waals surface area (Å²) < 4.78 is 45.6. The number of carbonyl (C=O) groups excluding carboxylic acids is 4. The molecule has 1 saturated heterocycles. The molecule has 4 heterocycles. The number of hydrogen-bond donors (Lipinski definition) is 3. The van der Waals surface area contributed by atoms with Crippen LogP contribution in [-0.4, -0.2) is 89.3 Å². The number of allylic oxidation sites excluding steroid dienone is 1. The summed E-state index contributed by atoms with van der Waals surface area (Å²) in [6.07, 6.45) is 8.59. The number of aromatic nitrogens is 1. The lowest BCUT2D eigenvalue weighted by atomic mass is 9.87. The second-order valence-electron chi connectivity index (χ2n) is 17.3. The number of rotatable bonds is 5. The molecule has 7 rings (SSSR count). The number of aryl methyl sites for hydroxylation is 2. The number of carbonyl (C=O) groups is 4. The van der Waals surface area contributed by atoms with Gasteiger partial charge in [-0.1, -0.05) is 25.0 Å². The molecule has 1 aromatic heterocycles. The van der Waals surface area contributed by atoms with E-state index in [9.17, 15) is 27.6 Å². The molecule has 3 aliphatic heterocycles. The first-order valence-electron chi connectivity index (χ1n) is 19.4. The molecule has 14 nitrogen and oxygen atoms in total. The van der Waals surface area contributed by atoms with Gasteiger partial charge in [0, 0.05) is 23.3 Å². The molecular weight excluding hydrogens is 727 g/mol. The van der Waals surface area contributed by atoms with Crippen LogP contribution >= 0.6 is 0 Å². The summed E-state index contributed by atoms with van der Waals surface area (Å²) in [5.41, 5.74) is -0.869. The van der Waals surface area contributed by atoms with Gasteiger partial charge in [-0.05, 0) is 104 Å². The first kappa shape index (κ1) is 38.9. The summed E-state index contributed by atoms with van der Waals surface area (Å²) in [5.74, 6) is -0.990. The maximum absolute atomic E-state index is 14.7. The van der Waals surface area contributed by atoms with Crippen molar-refractivity contribution >= 4 is 44.7 Å². The topological polar surface area (TPSA) is 182 Å². The van der Waals surface area contributed by atoms with Gasteiger partial charge < -0.3 is 29.7 Å². The van der Waals surface area contributed by atoms with Crippen LogP contribution in [0.1, 0.15) is 103 Å². The Labute approximate surface area is 322 Å². The van der Waals surface area contributed by atoms with E-state index < -0.39 is 73.3 Å². The number of amides is 4. The number of ether oxygens (including phenoxy) is 3. The molecule has 1 aromatic carbocycles. The van der Waals surface area contributed by atoms with Crippen LogP contribution in [0.15, 0.2) is 30.4 Å². The van der Waals surface area contributed by atoms with Crippen molar-refractivity contribution in [1.82, 2.24) is 25.2 Å². The van der Waals surface area contributed by atoms with Crippen molar-refractivity contribution in [2.24, 2.45) is 5.92 Å². The molecule has 2 saturated carbocycles. The standard InChI is InChI=1S/C40H53N5O9S/c1-24-32-27(28-20-26(52-6)14-15-29(28)41-24)16-17-39(53-32)22-31-33(46)43-40(35(48)44-55(50,51)38(5)18-19-38)21-25(40)12-10-8-7-9-11-13-30(34(47)45(31)23-39)42-36(49)54-37(2,3)4/h10,12,14-15,20,25,30-31H,7-9,11,13,16-19,21-23H2,1-6H3,(H,42,49)(H,43,46)(H,44,48)/b12-10-/t25-,30?,31-,39+,40+/m0/s1. The van der Waals surface area contributed by atoms with E-state index >= 15 is 0 Å². The third-order valence-corrected chi connectivity index (χ3v) is 14.0. The van der Waals surface area contributed by atoms with Gasteiger partial charge in [0.1, 0.15) is 40.3 Å². The minimum Gasteiger partial charge on any atom is -0.497 e. The van der Waals surface area contributed by atoms with Crippen molar-refractivity contribution in [3.8, 4) is 11.5 Å². The molecule has 55 heavy (non-hydrogen) atoms. The molecule has 298 valence electrons. The average Bonchev–Trinajstić information content (AvgIpc) is 4.01. The van der Waals surface area contributed by atoms with Crippen molar-refractivity contribution < 1.29 is 41.8 Å². The Balaban J connectivity index is 1.24. The van der Waals surface area contributed by atoms with E-state index in [1.165, 1.54) is 4.90 Å². The largest absolute Gasteiger partial charge is 0.497 e. The Morgan fingerprint density at radius 3 is 2.56 bits per heavy atom. The first-order valence-corrected chi connectivity index (χ1v) is 20.9. The van der Waals surface area contributed by atoms with Crippen molar-refractivity contribution in [3.05, 3.63) is 41.6 Å². The molecule has 5 atom stereocenters. The van der Waals surface area contributed by atoms with E-state index in [0.29, 0.717) is 62.1 Å². The fourth-order valence-corrected chi connectivity index (χ4v) is 9.56. The highest BCUT2D eigenvalue weighted by Crippen LogP contribution is 2.49. The van der Waals surface area contributed by atoms with Crippen LogP contribution in [0, 0.1) is 12.8 Å². The SMILES string of the molecule is COc1ccc2nc(C)c3c(c2c1)CC[C@]1(C[C@H]2C(=O)N[C@]4(C(=O)NS(=O)(=O)C5(C)CC5)C[C@@H]4/C=C\CCCCCC(NC(=O)OC(C)(C)C)C(=O)N2C1)O3. The zero-order chi connectivity index (χ0) is 39.6. The fourth-order valence-electron chi connectivity index (χ4n) is 8.25. The zero-order valence-electron chi connectivity index (χ0n) is 32.6. The van der Waals surface area contributed by atoms with Gasteiger partial charge in [0.2, 0.25) is 21.8 Å². The van der Waals surface area contributed by atoms with Crippen LogP contribution in [0.25, 0.3) is 10.9 Å². The van der Waals surface area contributed by atoms with Gasteiger partial charge in [-0.25, -0.2) is 18.2 Å². The number of nitrogens with one attached hydrogen (secondary N) is 3. The summed E-state index contributed by atoms with van der Waals surface area (Å²) in [6.45, 7) is 8.73. The summed E-state index contributed by atoms with van der Waals surface area (Å²) in [4.78, 5) is 62.7. The van der Waals surface area contributed by atoms with E-state index in [4.69, 9.17) is 19.2 Å². The lowest BCUT2D eigenvalue weighted by Gasteiger charge is -2.36. The zero-order valence-corrected chi connectivity index (χ0v) is 33.4.